The van der Waals surface area contributed by atoms with Crippen LogP contribution in [0.1, 0.15) is 32.3 Å². The maximum absolute atomic E-state index is 15.2. The summed E-state index contributed by atoms with van der Waals surface area (Å²) in [7, 11) is -3.57. The summed E-state index contributed by atoms with van der Waals surface area (Å²) in [4.78, 5) is 9.15. The highest BCUT2D eigenvalue weighted by Gasteiger charge is 2.27. The van der Waals surface area contributed by atoms with Gasteiger partial charge < -0.3 is 4.90 Å². The molecule has 2 aliphatic rings. The molecule has 1 saturated carbocycles. The minimum absolute atomic E-state index is 0.110. The van der Waals surface area contributed by atoms with Gasteiger partial charge in [0.25, 0.3) is 0 Å². The third kappa shape index (κ3) is 5.27. The minimum Gasteiger partial charge on any atom is -0.368 e. The molecule has 11 heteroatoms. The van der Waals surface area contributed by atoms with Gasteiger partial charge in [-0.1, -0.05) is 11.3 Å². The maximum atomic E-state index is 15.2. The van der Waals surface area contributed by atoms with Crippen LogP contribution in [0.2, 0.25) is 0 Å². The number of pyridine rings is 1. The van der Waals surface area contributed by atoms with Gasteiger partial charge >= 0.3 is 0 Å². The smallest absolute Gasteiger partial charge is 0.156 e. The molecule has 0 atom stereocenters. The van der Waals surface area contributed by atoms with E-state index >= 15 is 4.39 Å². The molecule has 1 saturated heterocycles. The van der Waals surface area contributed by atoms with Crippen LogP contribution in [-0.2, 0) is 15.6 Å². The van der Waals surface area contributed by atoms with Gasteiger partial charge in [-0.3, -0.25) is 9.88 Å². The zero-order valence-corrected chi connectivity index (χ0v) is 21.3. The third-order valence-corrected chi connectivity index (χ3v) is 9.06. The Kier molecular flexibility index (Phi) is 6.78. The first-order chi connectivity index (χ1) is 17.2. The summed E-state index contributed by atoms with van der Waals surface area (Å²) < 4.78 is 55.5. The molecule has 0 bridgehead atoms. The van der Waals surface area contributed by atoms with Crippen LogP contribution in [-0.4, -0.2) is 71.3 Å². The van der Waals surface area contributed by atoms with Crippen LogP contribution in [0.4, 0.5) is 14.5 Å². The average molecular weight is 517 g/mol. The molecule has 0 N–H and O–H groups in total. The number of halogens is 2. The molecule has 2 fully saturated rings. The topological polar surface area (TPSA) is 84.2 Å². The van der Waals surface area contributed by atoms with Gasteiger partial charge in [0.05, 0.1) is 29.1 Å². The molecule has 1 aliphatic heterocycles. The lowest BCUT2D eigenvalue weighted by atomic mass is 10.2. The van der Waals surface area contributed by atoms with Gasteiger partial charge in [-0.25, -0.2) is 21.9 Å². The van der Waals surface area contributed by atoms with Gasteiger partial charge in [-0.05, 0) is 44.7 Å². The standard InChI is InChI=1S/C25H30F2N6O2S/c1-17(2)36(34,35)16-19-5-6-22(26)25(24(19)27)33-15-23(29-30-33)20-11-21(13-28-12-20)32-9-7-31(8-10-32)14-18-3-4-18/h5-6,11-13,15,17-18H,3-4,7-10,14,16H2,1-2H3. The quantitative estimate of drug-likeness (QED) is 0.453. The first-order valence-corrected chi connectivity index (χ1v) is 14.0. The lowest BCUT2D eigenvalue weighted by molar-refractivity contribution is 0.248. The first kappa shape index (κ1) is 24.8. The van der Waals surface area contributed by atoms with Gasteiger partial charge in [-0.15, -0.1) is 5.10 Å². The van der Waals surface area contributed by atoms with Crippen molar-refractivity contribution in [2.45, 2.75) is 37.7 Å². The number of piperazine rings is 1. The second-order valence-corrected chi connectivity index (χ2v) is 12.5. The minimum atomic E-state index is -3.57. The van der Waals surface area contributed by atoms with Crippen LogP contribution in [0.25, 0.3) is 16.9 Å². The Labute approximate surface area is 209 Å². The van der Waals surface area contributed by atoms with Crippen LogP contribution in [0, 0.1) is 17.6 Å². The van der Waals surface area contributed by atoms with E-state index in [0.717, 1.165) is 54.6 Å². The van der Waals surface area contributed by atoms with Crippen molar-refractivity contribution >= 4 is 15.5 Å². The van der Waals surface area contributed by atoms with Crippen LogP contribution >= 0.6 is 0 Å². The lowest BCUT2D eigenvalue weighted by Gasteiger charge is -2.36. The number of nitrogens with zero attached hydrogens (tertiary/aromatic N) is 6. The third-order valence-electron chi connectivity index (χ3n) is 6.91. The molecule has 8 nitrogen and oxygen atoms in total. The Morgan fingerprint density at radius 1 is 1.08 bits per heavy atom. The lowest BCUT2D eigenvalue weighted by Crippen LogP contribution is -2.47. The van der Waals surface area contributed by atoms with E-state index in [4.69, 9.17) is 0 Å². The van der Waals surface area contributed by atoms with Crippen molar-refractivity contribution in [3.05, 3.63) is 54.0 Å². The number of rotatable bonds is 8. The van der Waals surface area contributed by atoms with E-state index in [0.29, 0.717) is 11.3 Å². The molecule has 0 spiro atoms. The molecule has 2 aromatic heterocycles. The maximum Gasteiger partial charge on any atom is 0.156 e. The van der Waals surface area contributed by atoms with Crippen LogP contribution in [0.5, 0.6) is 0 Å². The van der Waals surface area contributed by atoms with Gasteiger partial charge in [0, 0.05) is 50.0 Å². The molecule has 5 rings (SSSR count). The predicted octanol–water partition coefficient (Wildman–Crippen LogP) is 3.46. The number of sulfone groups is 1. The molecule has 1 aromatic carbocycles. The highest BCUT2D eigenvalue weighted by Crippen LogP contribution is 2.31. The summed E-state index contributed by atoms with van der Waals surface area (Å²) in [6, 6.07) is 4.16. The van der Waals surface area contributed by atoms with E-state index in [1.165, 1.54) is 39.4 Å². The second kappa shape index (κ2) is 9.85. The van der Waals surface area contributed by atoms with E-state index in [-0.39, 0.29) is 5.56 Å². The molecule has 0 amide bonds. The Morgan fingerprint density at radius 3 is 2.53 bits per heavy atom. The van der Waals surface area contributed by atoms with Crippen molar-refractivity contribution in [1.29, 1.82) is 0 Å². The highest BCUT2D eigenvalue weighted by atomic mass is 32.2. The number of aromatic nitrogens is 4. The summed E-state index contributed by atoms with van der Waals surface area (Å²) >= 11 is 0. The summed E-state index contributed by atoms with van der Waals surface area (Å²) in [6.45, 7) is 8.08. The molecule has 3 aromatic rings. The zero-order chi connectivity index (χ0) is 25.4. The normalized spacial score (nSPS) is 17.2. The molecule has 0 unspecified atom stereocenters. The summed E-state index contributed by atoms with van der Waals surface area (Å²) in [6.07, 6.45) is 7.57. The molecular formula is C25H30F2N6O2S. The van der Waals surface area contributed by atoms with Crippen molar-refractivity contribution < 1.29 is 17.2 Å². The van der Waals surface area contributed by atoms with E-state index in [2.05, 4.69) is 25.1 Å². The molecule has 36 heavy (non-hydrogen) atoms. The Balaban J connectivity index is 1.36. The van der Waals surface area contributed by atoms with E-state index < -0.39 is 38.2 Å². The highest BCUT2D eigenvalue weighted by molar-refractivity contribution is 7.91. The average Bonchev–Trinajstić information content (AvgIpc) is 3.54. The van der Waals surface area contributed by atoms with Gasteiger partial charge in [0.15, 0.2) is 21.5 Å². The van der Waals surface area contributed by atoms with Gasteiger partial charge in [0.1, 0.15) is 11.4 Å². The molecular weight excluding hydrogens is 486 g/mol. The number of hydrogen-bond acceptors (Lipinski definition) is 7. The largest absolute Gasteiger partial charge is 0.368 e. The Bertz CT molecular complexity index is 1350. The van der Waals surface area contributed by atoms with Gasteiger partial charge in [0.2, 0.25) is 0 Å². The van der Waals surface area contributed by atoms with Crippen molar-refractivity contribution in [2.24, 2.45) is 5.92 Å². The summed E-state index contributed by atoms with van der Waals surface area (Å²) in [5, 5.41) is 7.37. The fourth-order valence-corrected chi connectivity index (χ4v) is 5.38. The predicted molar refractivity (Wildman–Crippen MR) is 134 cm³/mol. The van der Waals surface area contributed by atoms with Crippen LogP contribution in [0.15, 0.2) is 36.8 Å². The van der Waals surface area contributed by atoms with Crippen molar-refractivity contribution in [3.63, 3.8) is 0 Å². The number of anilines is 1. The van der Waals surface area contributed by atoms with Crippen molar-refractivity contribution in [2.75, 3.05) is 37.6 Å². The Morgan fingerprint density at radius 2 is 1.83 bits per heavy atom. The SMILES string of the molecule is CC(C)S(=O)(=O)Cc1ccc(F)c(-n2cc(-c3cncc(N4CCN(CC5CC5)CC4)c3)nn2)c1F. The van der Waals surface area contributed by atoms with Crippen LogP contribution in [0.3, 0.4) is 0 Å². The van der Waals surface area contributed by atoms with E-state index in [1.807, 2.05) is 12.3 Å². The molecule has 3 heterocycles. The first-order valence-electron chi connectivity index (χ1n) is 12.2. The zero-order valence-electron chi connectivity index (χ0n) is 20.4. The number of hydrogen-bond donors (Lipinski definition) is 0. The summed E-state index contributed by atoms with van der Waals surface area (Å²) in [5.74, 6) is -1.47. The number of benzene rings is 1. The van der Waals surface area contributed by atoms with Crippen LogP contribution < -0.4 is 4.90 Å². The van der Waals surface area contributed by atoms with Gasteiger partial charge in [-0.2, -0.15) is 0 Å². The Hall–Kier alpha value is -2.92. The monoisotopic (exact) mass is 516 g/mol. The van der Waals surface area contributed by atoms with E-state index in [9.17, 15) is 12.8 Å². The fraction of sp³-hybridized carbons (Fsp3) is 0.480. The second-order valence-electron chi connectivity index (χ2n) is 9.94. The summed E-state index contributed by atoms with van der Waals surface area (Å²) in [5.41, 5.74) is 1.49. The van der Waals surface area contributed by atoms with Crippen molar-refractivity contribution in [3.8, 4) is 16.9 Å². The van der Waals surface area contributed by atoms with E-state index in [1.54, 1.807) is 6.20 Å². The fourth-order valence-electron chi connectivity index (χ4n) is 4.39. The molecule has 1 aliphatic carbocycles. The van der Waals surface area contributed by atoms with Crippen molar-refractivity contribution in [1.82, 2.24) is 24.9 Å². The molecule has 0 radical (unpaired) electrons. The molecule has 192 valence electrons.